The number of H-pyrrole nitrogens is 1. The number of hydrogen-bond acceptors (Lipinski definition) is 6. The number of amides is 4. The summed E-state index contributed by atoms with van der Waals surface area (Å²) >= 11 is 0. The molecule has 4 atom stereocenters. The molecule has 4 amide bonds. The molecule has 0 radical (unpaired) electrons. The Morgan fingerprint density at radius 1 is 0.913 bits per heavy atom. The van der Waals surface area contributed by atoms with Crippen LogP contribution < -0.4 is 21.7 Å². The second kappa shape index (κ2) is 14.7. The van der Waals surface area contributed by atoms with Crippen molar-refractivity contribution in [2.45, 2.75) is 63.3 Å². The van der Waals surface area contributed by atoms with Gasteiger partial charge in [-0.3, -0.25) is 19.2 Å². The zero-order chi connectivity index (χ0) is 32.6. The third-order valence-corrected chi connectivity index (χ3v) is 8.34. The third kappa shape index (κ3) is 7.91. The average molecular weight is 625 g/mol. The SMILES string of the molecule is C[C@@H](NC(=O)[C@H](Cc1c[nH]c2ccccc12)NC(=O)[C@@H]1CCCN1C(=O)[C@@H](N)Cc1ccc(O)cc1)C(=O)NCc1ccccc1. The fourth-order valence-electron chi connectivity index (χ4n) is 5.80. The van der Waals surface area contributed by atoms with E-state index in [9.17, 15) is 24.3 Å². The topological polar surface area (TPSA) is 170 Å². The van der Waals surface area contributed by atoms with Crippen LogP contribution in [-0.4, -0.2) is 69.3 Å². The second-order valence-corrected chi connectivity index (χ2v) is 11.7. The Morgan fingerprint density at radius 3 is 2.39 bits per heavy atom. The highest BCUT2D eigenvalue weighted by Gasteiger charge is 2.38. The second-order valence-electron chi connectivity index (χ2n) is 11.7. The molecule has 0 saturated carbocycles. The Balaban J connectivity index is 1.27. The van der Waals surface area contributed by atoms with E-state index in [1.54, 1.807) is 25.3 Å². The van der Waals surface area contributed by atoms with Gasteiger partial charge >= 0.3 is 0 Å². The molecule has 4 aromatic rings. The summed E-state index contributed by atoms with van der Waals surface area (Å²) in [5.74, 6) is -1.56. The van der Waals surface area contributed by atoms with E-state index in [0.717, 1.165) is 27.6 Å². The van der Waals surface area contributed by atoms with Crippen LogP contribution in [-0.2, 0) is 38.6 Å². The number of aromatic hydroxyl groups is 1. The summed E-state index contributed by atoms with van der Waals surface area (Å²) in [6.45, 7) is 2.28. The maximum atomic E-state index is 13.7. The standard InChI is InChI=1S/C35H40N6O5/c1-22(32(43)38-20-24-8-3-2-4-9-24)39-33(44)30(19-25-21-37-29-11-6-5-10-27(25)29)40-34(45)31-12-7-17-41(31)35(46)28(36)18-23-13-15-26(42)16-14-23/h2-6,8-11,13-16,21-22,28,30-31,37,42H,7,12,17-20,36H2,1H3,(H,38,43)(H,39,44)(H,40,45)/t22-,28+,30+,31+/m1/s1. The van der Waals surface area contributed by atoms with E-state index in [1.165, 1.54) is 17.0 Å². The number of carbonyl (C=O) groups excluding carboxylic acids is 4. The number of phenolic OH excluding ortho intramolecular Hbond substituents is 1. The number of carbonyl (C=O) groups is 4. The van der Waals surface area contributed by atoms with Gasteiger partial charge in [0.25, 0.3) is 0 Å². The molecule has 240 valence electrons. The number of aromatic nitrogens is 1. The zero-order valence-corrected chi connectivity index (χ0v) is 25.7. The van der Waals surface area contributed by atoms with Gasteiger partial charge in [-0.2, -0.15) is 0 Å². The van der Waals surface area contributed by atoms with Crippen LogP contribution in [0.15, 0.2) is 85.1 Å². The lowest BCUT2D eigenvalue weighted by Crippen LogP contribution is -2.57. The number of aromatic amines is 1. The van der Waals surface area contributed by atoms with Crippen molar-refractivity contribution in [1.82, 2.24) is 25.8 Å². The molecule has 1 aromatic heterocycles. The Kier molecular flexibility index (Phi) is 10.3. The summed E-state index contributed by atoms with van der Waals surface area (Å²) in [5.41, 5.74) is 9.71. The van der Waals surface area contributed by atoms with E-state index in [0.29, 0.717) is 25.9 Å². The number of nitrogens with zero attached hydrogens (tertiary/aromatic N) is 1. The van der Waals surface area contributed by atoms with Crippen molar-refractivity contribution in [1.29, 1.82) is 0 Å². The molecule has 1 aliphatic heterocycles. The quantitative estimate of drug-likeness (QED) is 0.141. The molecule has 0 unspecified atom stereocenters. The highest BCUT2D eigenvalue weighted by Crippen LogP contribution is 2.22. The summed E-state index contributed by atoms with van der Waals surface area (Å²) in [6, 6.07) is 20.0. The first-order chi connectivity index (χ1) is 22.2. The smallest absolute Gasteiger partial charge is 0.243 e. The summed E-state index contributed by atoms with van der Waals surface area (Å²) in [6.07, 6.45) is 3.28. The molecule has 11 nitrogen and oxygen atoms in total. The van der Waals surface area contributed by atoms with Gasteiger partial charge in [0.2, 0.25) is 23.6 Å². The minimum Gasteiger partial charge on any atom is -0.508 e. The van der Waals surface area contributed by atoms with Crippen LogP contribution in [0.3, 0.4) is 0 Å². The van der Waals surface area contributed by atoms with Crippen molar-refractivity contribution in [3.8, 4) is 5.75 Å². The number of fused-ring (bicyclic) bond motifs is 1. The molecule has 7 N–H and O–H groups in total. The van der Waals surface area contributed by atoms with Crippen molar-refractivity contribution < 1.29 is 24.3 Å². The number of nitrogens with one attached hydrogen (secondary N) is 4. The van der Waals surface area contributed by atoms with Gasteiger partial charge in [0, 0.05) is 36.6 Å². The van der Waals surface area contributed by atoms with E-state index in [1.807, 2.05) is 54.6 Å². The maximum absolute atomic E-state index is 13.7. The molecule has 0 aliphatic carbocycles. The molecule has 5 rings (SSSR count). The average Bonchev–Trinajstić information content (AvgIpc) is 3.72. The Morgan fingerprint density at radius 2 is 1.63 bits per heavy atom. The van der Waals surface area contributed by atoms with Crippen molar-refractivity contribution in [2.75, 3.05) is 6.54 Å². The van der Waals surface area contributed by atoms with Gasteiger partial charge in [-0.1, -0.05) is 60.7 Å². The van der Waals surface area contributed by atoms with Crippen LogP contribution in [0.1, 0.15) is 36.5 Å². The number of para-hydroxylation sites is 1. The van der Waals surface area contributed by atoms with Crippen molar-refractivity contribution in [3.63, 3.8) is 0 Å². The van der Waals surface area contributed by atoms with Gasteiger partial charge in [-0.25, -0.2) is 0 Å². The first kappa shape index (κ1) is 32.2. The highest BCUT2D eigenvalue weighted by atomic mass is 16.3. The molecule has 11 heteroatoms. The van der Waals surface area contributed by atoms with E-state index >= 15 is 0 Å². The fraction of sp³-hybridized carbons (Fsp3) is 0.314. The molecular weight excluding hydrogens is 584 g/mol. The summed E-state index contributed by atoms with van der Waals surface area (Å²) in [5, 5.41) is 19.0. The normalized spacial score (nSPS) is 16.4. The molecule has 1 saturated heterocycles. The van der Waals surface area contributed by atoms with Crippen molar-refractivity contribution in [3.05, 3.63) is 102 Å². The largest absolute Gasteiger partial charge is 0.508 e. The van der Waals surface area contributed by atoms with Gasteiger partial charge in [0.1, 0.15) is 23.9 Å². The van der Waals surface area contributed by atoms with Crippen LogP contribution >= 0.6 is 0 Å². The van der Waals surface area contributed by atoms with Crippen LogP contribution in [0, 0.1) is 0 Å². The summed E-state index contributed by atoms with van der Waals surface area (Å²) in [4.78, 5) is 58.3. The summed E-state index contributed by atoms with van der Waals surface area (Å²) < 4.78 is 0. The van der Waals surface area contributed by atoms with Gasteiger partial charge < -0.3 is 36.7 Å². The van der Waals surface area contributed by atoms with Gasteiger partial charge in [-0.05, 0) is 61.1 Å². The first-order valence-corrected chi connectivity index (χ1v) is 15.5. The van der Waals surface area contributed by atoms with Crippen molar-refractivity contribution in [2.24, 2.45) is 5.73 Å². The number of nitrogens with two attached hydrogens (primary N) is 1. The lowest BCUT2D eigenvalue weighted by Gasteiger charge is -2.28. The monoisotopic (exact) mass is 624 g/mol. The van der Waals surface area contributed by atoms with Crippen LogP contribution in [0.4, 0.5) is 0 Å². The van der Waals surface area contributed by atoms with E-state index in [2.05, 4.69) is 20.9 Å². The number of rotatable bonds is 12. The molecule has 3 aromatic carbocycles. The van der Waals surface area contributed by atoms with Crippen LogP contribution in [0.25, 0.3) is 10.9 Å². The number of phenols is 1. The molecule has 46 heavy (non-hydrogen) atoms. The molecule has 0 spiro atoms. The lowest BCUT2D eigenvalue weighted by molar-refractivity contribution is -0.140. The van der Waals surface area contributed by atoms with Gasteiger partial charge in [0.15, 0.2) is 0 Å². The lowest BCUT2D eigenvalue weighted by atomic mass is 10.0. The fourth-order valence-corrected chi connectivity index (χ4v) is 5.80. The van der Waals surface area contributed by atoms with Gasteiger partial charge in [-0.15, -0.1) is 0 Å². The maximum Gasteiger partial charge on any atom is 0.243 e. The Bertz CT molecular complexity index is 1670. The van der Waals surface area contributed by atoms with Crippen molar-refractivity contribution >= 4 is 34.5 Å². The zero-order valence-electron chi connectivity index (χ0n) is 25.7. The highest BCUT2D eigenvalue weighted by molar-refractivity contribution is 5.95. The van der Waals surface area contributed by atoms with Crippen LogP contribution in [0.2, 0.25) is 0 Å². The molecule has 2 heterocycles. The minimum absolute atomic E-state index is 0.119. The third-order valence-electron chi connectivity index (χ3n) is 8.34. The molecule has 1 fully saturated rings. The number of hydrogen-bond donors (Lipinski definition) is 6. The van der Waals surface area contributed by atoms with E-state index < -0.39 is 36.0 Å². The molecule has 1 aliphatic rings. The Labute approximate surface area is 267 Å². The number of likely N-dealkylation sites (tertiary alicyclic amines) is 1. The number of benzene rings is 3. The predicted octanol–water partition coefficient (Wildman–Crippen LogP) is 2.28. The van der Waals surface area contributed by atoms with E-state index in [-0.39, 0.29) is 30.4 Å². The van der Waals surface area contributed by atoms with E-state index in [4.69, 9.17) is 5.73 Å². The Hall–Kier alpha value is -5.16. The summed E-state index contributed by atoms with van der Waals surface area (Å²) in [7, 11) is 0. The van der Waals surface area contributed by atoms with Gasteiger partial charge in [0.05, 0.1) is 6.04 Å². The van der Waals surface area contributed by atoms with Crippen LogP contribution in [0.5, 0.6) is 5.75 Å². The molecule has 0 bridgehead atoms. The minimum atomic E-state index is -1.01. The first-order valence-electron chi connectivity index (χ1n) is 15.5. The predicted molar refractivity (Wildman–Crippen MR) is 174 cm³/mol. The molecular formula is C35H40N6O5.